The summed E-state index contributed by atoms with van der Waals surface area (Å²) < 4.78 is 14.1. The van der Waals surface area contributed by atoms with Gasteiger partial charge in [-0.15, -0.1) is 0 Å². The zero-order chi connectivity index (χ0) is 19.7. The maximum Gasteiger partial charge on any atom is 0.282 e. The predicted molar refractivity (Wildman–Crippen MR) is 114 cm³/mol. The van der Waals surface area contributed by atoms with Crippen molar-refractivity contribution < 1.29 is 9.18 Å². The molecule has 138 valence electrons. The molecule has 0 saturated carbocycles. The normalized spacial score (nSPS) is 15.2. The molecule has 3 nitrogen and oxygen atoms in total. The number of anilines is 1. The van der Waals surface area contributed by atoms with E-state index < -0.39 is 0 Å². The Morgan fingerprint density at radius 1 is 0.929 bits per heavy atom. The van der Waals surface area contributed by atoms with E-state index in [1.165, 1.54) is 12.1 Å². The van der Waals surface area contributed by atoms with Gasteiger partial charge in [-0.3, -0.25) is 9.69 Å². The van der Waals surface area contributed by atoms with Crippen LogP contribution in [0.2, 0.25) is 5.02 Å². The third-order valence-corrected chi connectivity index (χ3v) is 5.00. The summed E-state index contributed by atoms with van der Waals surface area (Å²) in [5.74, 6) is -0.0734. The molecule has 3 aromatic rings. The first-order chi connectivity index (χ1) is 13.5. The minimum absolute atomic E-state index is 0.253. The summed E-state index contributed by atoms with van der Waals surface area (Å²) in [7, 11) is 0. The third kappa shape index (κ3) is 3.77. The lowest BCUT2D eigenvalue weighted by molar-refractivity contribution is -0.113. The van der Waals surface area contributed by atoms with Gasteiger partial charge in [0.1, 0.15) is 17.3 Å². The van der Waals surface area contributed by atoms with Crippen molar-refractivity contribution in [3.05, 3.63) is 105 Å². The Morgan fingerprint density at radius 2 is 1.57 bits per heavy atom. The summed E-state index contributed by atoms with van der Waals surface area (Å²) in [5, 5.41) is 0.603. The van der Waals surface area contributed by atoms with Crippen LogP contribution in [0.5, 0.6) is 0 Å². The van der Waals surface area contributed by atoms with Crippen molar-refractivity contribution in [3.63, 3.8) is 0 Å². The Labute approximate surface area is 174 Å². The van der Waals surface area contributed by atoms with Gasteiger partial charge in [0, 0.05) is 15.1 Å². The minimum atomic E-state index is -0.332. The van der Waals surface area contributed by atoms with E-state index in [2.05, 4.69) is 20.9 Å². The van der Waals surface area contributed by atoms with Gasteiger partial charge in [0.2, 0.25) is 0 Å². The van der Waals surface area contributed by atoms with Crippen molar-refractivity contribution in [2.75, 3.05) is 4.90 Å². The molecule has 0 aliphatic carbocycles. The Kier molecular flexibility index (Phi) is 5.11. The second-order valence-electron chi connectivity index (χ2n) is 6.14. The van der Waals surface area contributed by atoms with Crippen LogP contribution in [-0.2, 0) is 4.79 Å². The molecule has 0 atom stereocenters. The molecule has 0 bridgehead atoms. The van der Waals surface area contributed by atoms with Crippen molar-refractivity contribution in [1.82, 2.24) is 0 Å². The number of hydrogen-bond donors (Lipinski definition) is 0. The van der Waals surface area contributed by atoms with E-state index in [-0.39, 0.29) is 17.4 Å². The molecule has 0 unspecified atom stereocenters. The summed E-state index contributed by atoms with van der Waals surface area (Å²) in [6.45, 7) is 0. The number of carbonyl (C=O) groups is 1. The van der Waals surface area contributed by atoms with Crippen LogP contribution in [0.25, 0.3) is 6.08 Å². The number of carbonyl (C=O) groups excluding carboxylic acids is 1. The van der Waals surface area contributed by atoms with Crippen molar-refractivity contribution in [2.45, 2.75) is 0 Å². The number of hydrogen-bond acceptors (Lipinski definition) is 2. The average Bonchev–Trinajstić information content (AvgIpc) is 3.01. The molecule has 0 saturated heterocycles. The van der Waals surface area contributed by atoms with Crippen LogP contribution in [0, 0.1) is 5.82 Å². The lowest BCUT2D eigenvalue weighted by atomic mass is 10.1. The first-order valence-corrected chi connectivity index (χ1v) is 9.60. The number of amides is 1. The lowest BCUT2D eigenvalue weighted by Gasteiger charge is -2.18. The number of halogens is 3. The fourth-order valence-corrected chi connectivity index (χ4v) is 3.25. The predicted octanol–water partition coefficient (Wildman–Crippen LogP) is 6.08. The van der Waals surface area contributed by atoms with Crippen LogP contribution in [0.1, 0.15) is 11.1 Å². The molecule has 0 aromatic heterocycles. The molecular weight excluding hydrogens is 443 g/mol. The lowest BCUT2D eigenvalue weighted by Crippen LogP contribution is -2.32. The van der Waals surface area contributed by atoms with Gasteiger partial charge in [-0.25, -0.2) is 9.38 Å². The van der Waals surface area contributed by atoms with Crippen molar-refractivity contribution in [3.8, 4) is 0 Å². The van der Waals surface area contributed by atoms with Gasteiger partial charge in [-0.2, -0.15) is 0 Å². The van der Waals surface area contributed by atoms with Crippen molar-refractivity contribution >= 4 is 51.0 Å². The number of amidine groups is 1. The zero-order valence-electron chi connectivity index (χ0n) is 14.4. The van der Waals surface area contributed by atoms with Crippen LogP contribution in [0.4, 0.5) is 10.1 Å². The SMILES string of the molecule is O=C1/C(=C\c2ccc(F)cc2)N=C(c2ccc(Cl)cc2)N1c1ccc(Br)cc1. The van der Waals surface area contributed by atoms with Gasteiger partial charge in [0.15, 0.2) is 0 Å². The highest BCUT2D eigenvalue weighted by molar-refractivity contribution is 9.10. The van der Waals surface area contributed by atoms with Gasteiger partial charge < -0.3 is 0 Å². The maximum absolute atomic E-state index is 13.2. The fraction of sp³-hybridized carbons (Fsp3) is 0. The number of aliphatic imine (C=N–C) groups is 1. The van der Waals surface area contributed by atoms with Gasteiger partial charge in [-0.05, 0) is 72.3 Å². The Balaban J connectivity index is 1.81. The summed E-state index contributed by atoms with van der Waals surface area (Å²) in [6.07, 6.45) is 1.65. The van der Waals surface area contributed by atoms with Crippen LogP contribution >= 0.6 is 27.5 Å². The Bertz CT molecular complexity index is 1090. The van der Waals surface area contributed by atoms with Crippen molar-refractivity contribution in [1.29, 1.82) is 0 Å². The first kappa shape index (κ1) is 18.6. The average molecular weight is 456 g/mol. The molecule has 1 amide bonds. The van der Waals surface area contributed by atoms with Gasteiger partial charge in [0.25, 0.3) is 5.91 Å². The van der Waals surface area contributed by atoms with Crippen LogP contribution in [0.15, 0.2) is 88.0 Å². The van der Waals surface area contributed by atoms with Crippen LogP contribution < -0.4 is 4.90 Å². The topological polar surface area (TPSA) is 32.7 Å². The summed E-state index contributed by atoms with van der Waals surface area (Å²) in [5.41, 5.74) is 2.44. The first-order valence-electron chi connectivity index (χ1n) is 8.43. The highest BCUT2D eigenvalue weighted by atomic mass is 79.9. The maximum atomic E-state index is 13.2. The monoisotopic (exact) mass is 454 g/mol. The largest absolute Gasteiger partial charge is 0.282 e. The molecule has 1 aliphatic rings. The number of benzene rings is 3. The van der Waals surface area contributed by atoms with Gasteiger partial charge in [-0.1, -0.05) is 39.7 Å². The number of rotatable bonds is 3. The Morgan fingerprint density at radius 3 is 2.21 bits per heavy atom. The van der Waals surface area contributed by atoms with E-state index in [9.17, 15) is 9.18 Å². The molecule has 3 aromatic carbocycles. The van der Waals surface area contributed by atoms with E-state index in [0.717, 1.165) is 10.0 Å². The summed E-state index contributed by atoms with van der Waals surface area (Å²) in [4.78, 5) is 19.3. The molecule has 0 spiro atoms. The van der Waals surface area contributed by atoms with E-state index in [0.29, 0.717) is 22.1 Å². The van der Waals surface area contributed by atoms with Crippen LogP contribution in [-0.4, -0.2) is 11.7 Å². The van der Waals surface area contributed by atoms with E-state index in [1.807, 2.05) is 36.4 Å². The second-order valence-corrected chi connectivity index (χ2v) is 7.49. The minimum Gasteiger partial charge on any atom is -0.266 e. The molecular formula is C22H13BrClFN2O. The highest BCUT2D eigenvalue weighted by Gasteiger charge is 2.32. The van der Waals surface area contributed by atoms with Gasteiger partial charge >= 0.3 is 0 Å². The standard InChI is InChI=1S/C22H13BrClFN2O/c23-16-5-11-19(12-6-16)27-21(15-3-7-17(24)8-4-15)26-20(22(27)28)13-14-1-9-18(25)10-2-14/h1-13H/b20-13+. The fourth-order valence-electron chi connectivity index (χ4n) is 2.86. The molecule has 1 heterocycles. The van der Waals surface area contributed by atoms with E-state index in [1.54, 1.807) is 35.2 Å². The number of nitrogens with zero attached hydrogens (tertiary/aromatic N) is 2. The second kappa shape index (κ2) is 7.70. The highest BCUT2D eigenvalue weighted by Crippen LogP contribution is 2.29. The van der Waals surface area contributed by atoms with Crippen molar-refractivity contribution in [2.24, 2.45) is 4.99 Å². The molecule has 1 aliphatic heterocycles. The van der Waals surface area contributed by atoms with Gasteiger partial charge in [0.05, 0.1) is 5.69 Å². The zero-order valence-corrected chi connectivity index (χ0v) is 16.8. The Hall–Kier alpha value is -2.76. The molecule has 28 heavy (non-hydrogen) atoms. The smallest absolute Gasteiger partial charge is 0.266 e. The molecule has 0 radical (unpaired) electrons. The molecule has 0 N–H and O–H groups in total. The summed E-state index contributed by atoms with van der Waals surface area (Å²) >= 11 is 9.41. The molecule has 4 rings (SSSR count). The molecule has 0 fully saturated rings. The van der Waals surface area contributed by atoms with E-state index >= 15 is 0 Å². The van der Waals surface area contributed by atoms with E-state index in [4.69, 9.17) is 11.6 Å². The third-order valence-electron chi connectivity index (χ3n) is 4.22. The molecule has 6 heteroatoms. The summed E-state index contributed by atoms with van der Waals surface area (Å²) in [6, 6.07) is 20.5. The van der Waals surface area contributed by atoms with Crippen LogP contribution in [0.3, 0.4) is 0 Å². The quantitative estimate of drug-likeness (QED) is 0.441.